The first kappa shape index (κ1) is 14.1. The molecule has 0 saturated carbocycles. The second kappa shape index (κ2) is 4.87. The zero-order valence-electron chi connectivity index (χ0n) is 12.0. The van der Waals surface area contributed by atoms with E-state index < -0.39 is 11.6 Å². The fourth-order valence-corrected chi connectivity index (χ4v) is 3.07. The summed E-state index contributed by atoms with van der Waals surface area (Å²) in [7, 11) is 0. The Kier molecular flexibility index (Phi) is 3.28. The van der Waals surface area contributed by atoms with Gasteiger partial charge in [0, 0.05) is 22.9 Å². The Hall–Kier alpha value is -1.82. The van der Waals surface area contributed by atoms with Crippen LogP contribution in [0.25, 0.3) is 11.0 Å². The topological polar surface area (TPSA) is 30.7 Å². The number of thiazole rings is 1. The minimum Gasteiger partial charge on any atom is -0.324 e. The fourth-order valence-electron chi connectivity index (χ4n) is 2.05. The summed E-state index contributed by atoms with van der Waals surface area (Å²) in [5, 5.41) is 2.96. The molecule has 0 unspecified atom stereocenters. The molecule has 0 radical (unpaired) electrons. The molecule has 0 spiro atoms. The van der Waals surface area contributed by atoms with Crippen LogP contribution >= 0.6 is 11.3 Å². The molecule has 21 heavy (non-hydrogen) atoms. The summed E-state index contributed by atoms with van der Waals surface area (Å²) < 4.78 is 28.3. The van der Waals surface area contributed by atoms with Crippen molar-refractivity contribution in [2.24, 2.45) is 0 Å². The van der Waals surface area contributed by atoms with Crippen molar-refractivity contribution in [3.63, 3.8) is 0 Å². The largest absolute Gasteiger partial charge is 0.324 e. The molecule has 3 rings (SSSR count). The van der Waals surface area contributed by atoms with Crippen molar-refractivity contribution >= 4 is 22.4 Å². The van der Waals surface area contributed by atoms with Crippen LogP contribution in [0.3, 0.4) is 0 Å². The van der Waals surface area contributed by atoms with E-state index in [2.05, 4.69) is 30.7 Å². The summed E-state index contributed by atoms with van der Waals surface area (Å²) in [5.41, 5.74) is 2.05. The van der Waals surface area contributed by atoms with Gasteiger partial charge in [0.25, 0.3) is 0 Å². The molecule has 0 aliphatic carbocycles. The fraction of sp³-hybridized carbons (Fsp3) is 0.333. The summed E-state index contributed by atoms with van der Waals surface area (Å²) in [6, 6.07) is 2.29. The second-order valence-electron chi connectivity index (χ2n) is 6.00. The van der Waals surface area contributed by atoms with Crippen molar-refractivity contribution in [1.82, 2.24) is 14.5 Å². The number of fused-ring (bicyclic) bond motifs is 1. The van der Waals surface area contributed by atoms with Gasteiger partial charge in [0.15, 0.2) is 11.6 Å². The highest BCUT2D eigenvalue weighted by atomic mass is 32.1. The quantitative estimate of drug-likeness (QED) is 0.713. The molecule has 0 bridgehead atoms. The lowest BCUT2D eigenvalue weighted by molar-refractivity contribution is 0.510. The van der Waals surface area contributed by atoms with Gasteiger partial charge in [-0.25, -0.2) is 18.7 Å². The van der Waals surface area contributed by atoms with Crippen LogP contribution in [0.2, 0.25) is 0 Å². The van der Waals surface area contributed by atoms with E-state index in [1.54, 1.807) is 22.2 Å². The summed E-state index contributed by atoms with van der Waals surface area (Å²) in [5.74, 6) is -1.74. The van der Waals surface area contributed by atoms with Gasteiger partial charge in [0.1, 0.15) is 5.01 Å². The van der Waals surface area contributed by atoms with E-state index >= 15 is 0 Å². The molecule has 2 heterocycles. The lowest BCUT2D eigenvalue weighted by Gasteiger charge is -2.14. The van der Waals surface area contributed by atoms with Crippen LogP contribution in [0.5, 0.6) is 0 Å². The molecular formula is C15H15F2N3S. The predicted octanol–water partition coefficient (Wildman–Crippen LogP) is 4.12. The number of aromatic nitrogens is 3. The number of imidazole rings is 1. The summed E-state index contributed by atoms with van der Waals surface area (Å²) in [6.07, 6.45) is 1.59. The normalized spacial score (nSPS) is 12.2. The number of benzene rings is 1. The molecule has 0 aliphatic heterocycles. The molecule has 0 fully saturated rings. The van der Waals surface area contributed by atoms with Crippen LogP contribution in [-0.4, -0.2) is 14.5 Å². The van der Waals surface area contributed by atoms with Gasteiger partial charge in [-0.3, -0.25) is 0 Å². The van der Waals surface area contributed by atoms with Gasteiger partial charge < -0.3 is 4.57 Å². The molecule has 0 N–H and O–H groups in total. The molecule has 3 aromatic rings. The highest BCUT2D eigenvalue weighted by molar-refractivity contribution is 7.09. The van der Waals surface area contributed by atoms with Gasteiger partial charge in [0.2, 0.25) is 0 Å². The Morgan fingerprint density at radius 3 is 2.57 bits per heavy atom. The third-order valence-corrected chi connectivity index (χ3v) is 4.12. The Bertz CT molecular complexity index is 799. The zero-order valence-corrected chi connectivity index (χ0v) is 12.8. The maximum absolute atomic E-state index is 13.4. The van der Waals surface area contributed by atoms with Crippen LogP contribution in [0.1, 0.15) is 31.5 Å². The van der Waals surface area contributed by atoms with Crippen molar-refractivity contribution in [1.29, 1.82) is 0 Å². The third-order valence-electron chi connectivity index (χ3n) is 3.29. The van der Waals surface area contributed by atoms with Gasteiger partial charge in [-0.15, -0.1) is 11.3 Å². The monoisotopic (exact) mass is 307 g/mol. The Morgan fingerprint density at radius 1 is 1.19 bits per heavy atom. The molecule has 0 aliphatic rings. The molecule has 0 saturated heterocycles. The Morgan fingerprint density at radius 2 is 1.90 bits per heavy atom. The number of rotatable bonds is 2. The third kappa shape index (κ3) is 2.68. The number of halogens is 2. The van der Waals surface area contributed by atoms with Gasteiger partial charge >= 0.3 is 0 Å². The first-order chi connectivity index (χ1) is 9.84. The van der Waals surface area contributed by atoms with Crippen LogP contribution in [-0.2, 0) is 12.0 Å². The highest BCUT2D eigenvalue weighted by Crippen LogP contribution is 2.25. The zero-order chi connectivity index (χ0) is 15.2. The van der Waals surface area contributed by atoms with Crippen LogP contribution in [0.4, 0.5) is 8.78 Å². The highest BCUT2D eigenvalue weighted by Gasteiger charge is 2.18. The number of hydrogen-bond donors (Lipinski definition) is 0. The van der Waals surface area contributed by atoms with E-state index in [4.69, 9.17) is 0 Å². The molecule has 0 amide bonds. The van der Waals surface area contributed by atoms with E-state index in [0.29, 0.717) is 17.6 Å². The smallest absolute Gasteiger partial charge is 0.161 e. The molecule has 0 atom stereocenters. The lowest BCUT2D eigenvalue weighted by Crippen LogP contribution is -2.11. The van der Waals surface area contributed by atoms with E-state index in [9.17, 15) is 8.78 Å². The van der Waals surface area contributed by atoms with Crippen molar-refractivity contribution in [2.45, 2.75) is 32.7 Å². The maximum atomic E-state index is 13.4. The van der Waals surface area contributed by atoms with Crippen molar-refractivity contribution < 1.29 is 8.78 Å². The predicted molar refractivity (Wildman–Crippen MR) is 79.6 cm³/mol. The van der Waals surface area contributed by atoms with Crippen molar-refractivity contribution in [3.05, 3.63) is 46.2 Å². The Balaban J connectivity index is 1.95. The van der Waals surface area contributed by atoms with Gasteiger partial charge in [-0.1, -0.05) is 20.8 Å². The van der Waals surface area contributed by atoms with Crippen molar-refractivity contribution in [3.8, 4) is 0 Å². The summed E-state index contributed by atoms with van der Waals surface area (Å²) in [6.45, 7) is 6.83. The number of hydrogen-bond acceptors (Lipinski definition) is 3. The minimum absolute atomic E-state index is 0.000985. The average Bonchev–Trinajstić information content (AvgIpc) is 2.99. The van der Waals surface area contributed by atoms with E-state index in [-0.39, 0.29) is 5.41 Å². The standard InChI is InChI=1S/C15H15F2N3S/c1-15(2,3)13-7-21-14(19-13)6-20-8-18-11-4-9(16)10(17)5-12(11)20/h4-5,7-8H,6H2,1-3H3. The van der Waals surface area contributed by atoms with Crippen LogP contribution < -0.4 is 0 Å². The molecule has 1 aromatic carbocycles. The average molecular weight is 307 g/mol. The first-order valence-electron chi connectivity index (χ1n) is 6.59. The molecule has 110 valence electrons. The minimum atomic E-state index is -0.878. The van der Waals surface area contributed by atoms with Crippen molar-refractivity contribution in [2.75, 3.05) is 0 Å². The first-order valence-corrected chi connectivity index (χ1v) is 7.47. The van der Waals surface area contributed by atoms with E-state index in [1.165, 1.54) is 6.07 Å². The number of nitrogens with zero attached hydrogens (tertiary/aromatic N) is 3. The van der Waals surface area contributed by atoms with Crippen LogP contribution in [0.15, 0.2) is 23.8 Å². The van der Waals surface area contributed by atoms with E-state index in [0.717, 1.165) is 16.8 Å². The molecule has 2 aromatic heterocycles. The molecule has 6 heteroatoms. The molecule has 3 nitrogen and oxygen atoms in total. The summed E-state index contributed by atoms with van der Waals surface area (Å²) in [4.78, 5) is 8.71. The maximum Gasteiger partial charge on any atom is 0.161 e. The summed E-state index contributed by atoms with van der Waals surface area (Å²) >= 11 is 1.56. The molecular weight excluding hydrogens is 292 g/mol. The Labute approximate surface area is 125 Å². The van der Waals surface area contributed by atoms with Crippen LogP contribution in [0, 0.1) is 11.6 Å². The van der Waals surface area contributed by atoms with Gasteiger partial charge in [-0.2, -0.15) is 0 Å². The lowest BCUT2D eigenvalue weighted by atomic mass is 9.93. The second-order valence-corrected chi connectivity index (χ2v) is 6.95. The van der Waals surface area contributed by atoms with Gasteiger partial charge in [0.05, 0.1) is 29.6 Å². The SMILES string of the molecule is CC(C)(C)c1csc(Cn2cnc3cc(F)c(F)cc32)n1. The van der Waals surface area contributed by atoms with Gasteiger partial charge in [-0.05, 0) is 0 Å². The van der Waals surface area contributed by atoms with E-state index in [1.807, 2.05) is 5.38 Å².